The molecule has 0 aliphatic carbocycles. The zero-order valence-corrected chi connectivity index (χ0v) is 11.8. The zero-order chi connectivity index (χ0) is 15.8. The van der Waals surface area contributed by atoms with Crippen molar-refractivity contribution in [3.8, 4) is 0 Å². The van der Waals surface area contributed by atoms with Crippen molar-refractivity contribution >= 4 is 12.1 Å². The predicted octanol–water partition coefficient (Wildman–Crippen LogP) is 2.00. The van der Waals surface area contributed by atoms with Gasteiger partial charge in [-0.15, -0.1) is 0 Å². The molecular weight excluding hydrogens is 284 g/mol. The first kappa shape index (κ1) is 15.5. The number of carboxylic acids is 1. The summed E-state index contributed by atoms with van der Waals surface area (Å²) in [4.78, 5) is 26.8. The summed E-state index contributed by atoms with van der Waals surface area (Å²) in [5, 5.41) is 11.5. The average Bonchev–Trinajstić information content (AvgIpc) is 2.54. The molecule has 22 heavy (non-hydrogen) atoms. The molecule has 6 nitrogen and oxygen atoms in total. The van der Waals surface area contributed by atoms with Crippen molar-refractivity contribution in [2.45, 2.75) is 19.1 Å². The van der Waals surface area contributed by atoms with Crippen LogP contribution in [0.25, 0.3) is 0 Å². The standard InChI is InChI=1S/C16H16N2O4/c19-15(20)14(10-12-4-2-1-3-5-12)18-16(21)22-11-13-6-8-17-9-7-13/h1-9,14H,10-11H2,(H,18,21)(H,19,20). The number of aromatic nitrogens is 1. The van der Waals surface area contributed by atoms with Crippen molar-refractivity contribution in [2.24, 2.45) is 0 Å². The number of alkyl carbamates (subject to hydrolysis) is 1. The summed E-state index contributed by atoms with van der Waals surface area (Å²) in [7, 11) is 0. The van der Waals surface area contributed by atoms with Gasteiger partial charge in [0, 0.05) is 18.8 Å². The summed E-state index contributed by atoms with van der Waals surface area (Å²) in [6.07, 6.45) is 2.61. The molecule has 1 unspecified atom stereocenters. The van der Waals surface area contributed by atoms with Gasteiger partial charge in [-0.05, 0) is 23.3 Å². The second kappa shape index (κ2) is 7.78. The number of amides is 1. The van der Waals surface area contributed by atoms with Gasteiger partial charge in [0.25, 0.3) is 0 Å². The smallest absolute Gasteiger partial charge is 0.408 e. The molecule has 6 heteroatoms. The Kier molecular flexibility index (Phi) is 5.48. The Balaban J connectivity index is 1.88. The Morgan fingerprint density at radius 1 is 1.09 bits per heavy atom. The topological polar surface area (TPSA) is 88.5 Å². The number of nitrogens with one attached hydrogen (secondary N) is 1. The van der Waals surface area contributed by atoms with Gasteiger partial charge in [-0.25, -0.2) is 9.59 Å². The fourth-order valence-corrected chi connectivity index (χ4v) is 1.86. The lowest BCUT2D eigenvalue weighted by molar-refractivity contribution is -0.139. The summed E-state index contributed by atoms with van der Waals surface area (Å²) in [5.41, 5.74) is 1.60. The van der Waals surface area contributed by atoms with Crippen LogP contribution in [0.3, 0.4) is 0 Å². The molecule has 0 bridgehead atoms. The minimum atomic E-state index is -1.11. The van der Waals surface area contributed by atoms with Gasteiger partial charge in [0.15, 0.2) is 0 Å². The lowest BCUT2D eigenvalue weighted by Crippen LogP contribution is -2.42. The Hall–Kier alpha value is -2.89. The van der Waals surface area contributed by atoms with Gasteiger partial charge >= 0.3 is 12.1 Å². The minimum absolute atomic E-state index is 0.0615. The molecule has 0 aliphatic heterocycles. The molecule has 0 radical (unpaired) electrons. The maximum absolute atomic E-state index is 11.7. The Labute approximate surface area is 127 Å². The van der Waals surface area contributed by atoms with Gasteiger partial charge < -0.3 is 15.2 Å². The van der Waals surface area contributed by atoms with Crippen LogP contribution in [0.1, 0.15) is 11.1 Å². The first-order chi connectivity index (χ1) is 10.6. The molecule has 0 fully saturated rings. The van der Waals surface area contributed by atoms with E-state index in [-0.39, 0.29) is 13.0 Å². The lowest BCUT2D eigenvalue weighted by atomic mass is 10.1. The van der Waals surface area contributed by atoms with E-state index in [0.717, 1.165) is 11.1 Å². The molecule has 2 N–H and O–H groups in total. The molecule has 2 aromatic rings. The average molecular weight is 300 g/mol. The largest absolute Gasteiger partial charge is 0.480 e. The molecular formula is C16H16N2O4. The summed E-state index contributed by atoms with van der Waals surface area (Å²) in [5.74, 6) is -1.11. The van der Waals surface area contributed by atoms with Crippen molar-refractivity contribution in [1.82, 2.24) is 10.3 Å². The number of hydrogen-bond acceptors (Lipinski definition) is 4. The van der Waals surface area contributed by atoms with Crippen LogP contribution in [0.5, 0.6) is 0 Å². The number of aliphatic carboxylic acids is 1. The molecule has 1 aromatic heterocycles. The molecule has 0 saturated carbocycles. The van der Waals surface area contributed by atoms with E-state index in [0.29, 0.717) is 0 Å². The van der Waals surface area contributed by atoms with Gasteiger partial charge in [-0.2, -0.15) is 0 Å². The third-order valence-electron chi connectivity index (χ3n) is 2.99. The van der Waals surface area contributed by atoms with Crippen molar-refractivity contribution < 1.29 is 19.4 Å². The highest BCUT2D eigenvalue weighted by Crippen LogP contribution is 2.04. The molecule has 0 spiro atoms. The molecule has 0 saturated heterocycles. The lowest BCUT2D eigenvalue weighted by Gasteiger charge is -2.14. The normalized spacial score (nSPS) is 11.5. The Bertz CT molecular complexity index is 617. The zero-order valence-electron chi connectivity index (χ0n) is 11.8. The number of hydrogen-bond donors (Lipinski definition) is 2. The number of rotatable bonds is 6. The van der Waals surface area contributed by atoms with E-state index in [1.54, 1.807) is 36.7 Å². The van der Waals surface area contributed by atoms with E-state index in [1.807, 2.05) is 18.2 Å². The summed E-state index contributed by atoms with van der Waals surface area (Å²) in [6, 6.07) is 11.5. The van der Waals surface area contributed by atoms with Crippen LogP contribution >= 0.6 is 0 Å². The molecule has 0 aliphatic rings. The fourth-order valence-electron chi connectivity index (χ4n) is 1.86. The third-order valence-corrected chi connectivity index (χ3v) is 2.99. The number of benzene rings is 1. The number of carbonyl (C=O) groups excluding carboxylic acids is 1. The number of pyridine rings is 1. The van der Waals surface area contributed by atoms with E-state index in [4.69, 9.17) is 4.74 Å². The number of carbonyl (C=O) groups is 2. The van der Waals surface area contributed by atoms with Gasteiger partial charge in [0.05, 0.1) is 0 Å². The maximum Gasteiger partial charge on any atom is 0.408 e. The predicted molar refractivity (Wildman–Crippen MR) is 79.1 cm³/mol. The monoisotopic (exact) mass is 300 g/mol. The minimum Gasteiger partial charge on any atom is -0.480 e. The van der Waals surface area contributed by atoms with Crippen LogP contribution in [0.4, 0.5) is 4.79 Å². The van der Waals surface area contributed by atoms with Crippen molar-refractivity contribution in [3.05, 3.63) is 66.0 Å². The first-order valence-electron chi connectivity index (χ1n) is 6.74. The highest BCUT2D eigenvalue weighted by atomic mass is 16.5. The molecule has 1 amide bonds. The Morgan fingerprint density at radius 2 is 1.77 bits per heavy atom. The molecule has 1 aromatic carbocycles. The van der Waals surface area contributed by atoms with Gasteiger partial charge in [-0.1, -0.05) is 30.3 Å². The highest BCUT2D eigenvalue weighted by molar-refractivity contribution is 5.80. The third kappa shape index (κ3) is 4.90. The summed E-state index contributed by atoms with van der Waals surface area (Å²) >= 11 is 0. The van der Waals surface area contributed by atoms with Crippen molar-refractivity contribution in [2.75, 3.05) is 0 Å². The SMILES string of the molecule is O=C(NC(Cc1ccccc1)C(=O)O)OCc1ccncc1. The number of carboxylic acid groups (broad SMARTS) is 1. The fraction of sp³-hybridized carbons (Fsp3) is 0.188. The maximum atomic E-state index is 11.7. The molecule has 1 heterocycles. The quantitative estimate of drug-likeness (QED) is 0.852. The van der Waals surface area contributed by atoms with E-state index >= 15 is 0 Å². The number of ether oxygens (including phenoxy) is 1. The van der Waals surface area contributed by atoms with Crippen LogP contribution < -0.4 is 5.32 Å². The molecule has 2 rings (SSSR count). The van der Waals surface area contributed by atoms with E-state index in [1.165, 1.54) is 0 Å². The molecule has 114 valence electrons. The van der Waals surface area contributed by atoms with Crippen LogP contribution in [-0.4, -0.2) is 28.2 Å². The summed E-state index contributed by atoms with van der Waals surface area (Å²) in [6.45, 7) is 0.0615. The van der Waals surface area contributed by atoms with Crippen molar-refractivity contribution in [1.29, 1.82) is 0 Å². The van der Waals surface area contributed by atoms with Gasteiger partial charge in [-0.3, -0.25) is 4.98 Å². The van der Waals surface area contributed by atoms with Crippen LogP contribution in [-0.2, 0) is 22.6 Å². The van der Waals surface area contributed by atoms with E-state index < -0.39 is 18.1 Å². The van der Waals surface area contributed by atoms with Crippen LogP contribution in [0.15, 0.2) is 54.9 Å². The molecule has 1 atom stereocenters. The van der Waals surface area contributed by atoms with Gasteiger partial charge in [0.1, 0.15) is 12.6 Å². The number of nitrogens with zero attached hydrogens (tertiary/aromatic N) is 1. The first-order valence-corrected chi connectivity index (χ1v) is 6.74. The van der Waals surface area contributed by atoms with E-state index in [2.05, 4.69) is 10.3 Å². The van der Waals surface area contributed by atoms with E-state index in [9.17, 15) is 14.7 Å². The Morgan fingerprint density at radius 3 is 2.41 bits per heavy atom. The van der Waals surface area contributed by atoms with Crippen LogP contribution in [0, 0.1) is 0 Å². The summed E-state index contributed by atoms with van der Waals surface area (Å²) < 4.78 is 5.01. The highest BCUT2D eigenvalue weighted by Gasteiger charge is 2.21. The van der Waals surface area contributed by atoms with Crippen molar-refractivity contribution in [3.63, 3.8) is 0 Å². The second-order valence-electron chi connectivity index (χ2n) is 4.66. The van der Waals surface area contributed by atoms with Gasteiger partial charge in [0.2, 0.25) is 0 Å². The van der Waals surface area contributed by atoms with Crippen LogP contribution in [0.2, 0.25) is 0 Å². The second-order valence-corrected chi connectivity index (χ2v) is 4.66.